The second-order valence-electron chi connectivity index (χ2n) is 10.9. The van der Waals surface area contributed by atoms with E-state index >= 15 is 0 Å². The molecule has 0 atom stereocenters. The summed E-state index contributed by atoms with van der Waals surface area (Å²) in [5.41, 5.74) is 11.9. The fourth-order valence-corrected chi connectivity index (χ4v) is 6.26. The number of benzene rings is 3. The molecule has 0 bridgehead atoms. The number of unbranched alkanes of at least 4 members (excludes halogenated alkanes) is 3. The third-order valence-corrected chi connectivity index (χ3v) is 8.36. The summed E-state index contributed by atoms with van der Waals surface area (Å²) in [7, 11) is -0.313. The van der Waals surface area contributed by atoms with Crippen molar-refractivity contribution in [2.24, 2.45) is 0 Å². The summed E-state index contributed by atoms with van der Waals surface area (Å²) in [6.45, 7) is 7.90. The van der Waals surface area contributed by atoms with Gasteiger partial charge in [0.05, 0.1) is 0 Å². The van der Waals surface area contributed by atoms with Crippen molar-refractivity contribution in [1.82, 2.24) is 0 Å². The van der Waals surface area contributed by atoms with Crippen LogP contribution in [0.3, 0.4) is 0 Å². The summed E-state index contributed by atoms with van der Waals surface area (Å²) in [6.07, 6.45) is 13.5. The second-order valence-corrected chi connectivity index (χ2v) is 13.3. The molecule has 0 fully saturated rings. The van der Waals surface area contributed by atoms with Crippen LogP contribution in [0.15, 0.2) is 126 Å². The Labute approximate surface area is 286 Å². The van der Waals surface area contributed by atoms with Gasteiger partial charge in [0.1, 0.15) is 0 Å². The molecule has 1 nitrogen and oxygen atoms in total. The predicted octanol–water partition coefficient (Wildman–Crippen LogP) is 3.75. The van der Waals surface area contributed by atoms with Crippen molar-refractivity contribution in [3.05, 3.63) is 132 Å². The molecule has 0 saturated heterocycles. The van der Waals surface area contributed by atoms with Crippen molar-refractivity contribution in [3.8, 4) is 11.1 Å². The summed E-state index contributed by atoms with van der Waals surface area (Å²) in [4.78, 5) is 2.38. The van der Waals surface area contributed by atoms with Crippen molar-refractivity contribution in [3.63, 3.8) is 0 Å². The molecule has 4 aromatic carbocycles. The molecule has 6 rings (SSSR count). The normalized spacial score (nSPS) is 12.8. The van der Waals surface area contributed by atoms with Gasteiger partial charge in [0.2, 0.25) is 0 Å². The maximum absolute atomic E-state index is 2.42. The first-order valence-corrected chi connectivity index (χ1v) is 17.0. The van der Waals surface area contributed by atoms with E-state index in [1.54, 1.807) is 0 Å². The van der Waals surface area contributed by atoms with Gasteiger partial charge in [0.25, 0.3) is 0 Å². The number of rotatable bonds is 8. The predicted molar refractivity (Wildman–Crippen MR) is 174 cm³/mol. The molecule has 215 valence electrons. The second kappa shape index (κ2) is 17.8. The van der Waals surface area contributed by atoms with Crippen LogP contribution in [0.5, 0.6) is 0 Å². The van der Waals surface area contributed by atoms with Crippen molar-refractivity contribution in [1.29, 1.82) is 0 Å². The maximum atomic E-state index is 2.42. The monoisotopic (exact) mass is 686 g/mol. The average Bonchev–Trinajstić information content (AvgIpc) is 3.66. The van der Waals surface area contributed by atoms with Gasteiger partial charge in [0, 0.05) is 26.3 Å². The summed E-state index contributed by atoms with van der Waals surface area (Å²) in [5, 5.41) is 2.66. The Kier molecular flexibility index (Phi) is 15.3. The molecule has 2 aliphatic rings. The zero-order valence-electron chi connectivity index (χ0n) is 24.9. The topological polar surface area (TPSA) is 3.24 Å². The molecule has 0 unspecified atom stereocenters. The maximum Gasteiger partial charge on any atom is 3.00 e. The largest absolute Gasteiger partial charge is 3.00 e. The first kappa shape index (κ1) is 36.0. The van der Waals surface area contributed by atoms with E-state index in [0.717, 1.165) is 6.54 Å². The molecule has 0 spiro atoms. The number of para-hydroxylation sites is 1. The first-order valence-electron chi connectivity index (χ1n) is 14.5. The Bertz CT molecular complexity index is 1490. The number of anilines is 1. The molecular weight excluding hydrogens is 649 g/mol. The Balaban J connectivity index is 0.000000276. The number of fused-ring (bicyclic) bond motifs is 2. The van der Waals surface area contributed by atoms with Gasteiger partial charge < -0.3 is 29.7 Å². The van der Waals surface area contributed by atoms with Gasteiger partial charge in [-0.15, -0.1) is 34.5 Å². The standard InChI is InChI=1S/C21H23.C16H17NSi.2ClH.Zr/c1-2-3-4-5-8-17-11-13-18(14-12-17)21-15-19-9-6-7-10-20(19)16-21;1-18(2)12-13-10-14-8-9-17(16(14)11-13)15-6-4-3-5-7-15;;;/h6-7,9-16H,2-5,8H2,1H3;3-8,10-12H,9H2,1-2H3;2*1H;/q-1;;;;+3/p-2. The Hall–Kier alpha value is -2.16. The Morgan fingerprint density at radius 1 is 0.833 bits per heavy atom. The van der Waals surface area contributed by atoms with Crippen LogP contribution in [0.25, 0.3) is 21.9 Å². The van der Waals surface area contributed by atoms with E-state index in [2.05, 4.69) is 140 Å². The van der Waals surface area contributed by atoms with E-state index in [4.69, 9.17) is 0 Å². The van der Waals surface area contributed by atoms with Crippen LogP contribution in [-0.2, 0) is 32.6 Å². The summed E-state index contributed by atoms with van der Waals surface area (Å²) >= 11 is 0. The molecule has 5 heteroatoms. The number of aryl methyl sites for hydroxylation is 1. The first-order chi connectivity index (χ1) is 19.1. The zero-order valence-corrected chi connectivity index (χ0v) is 29.9. The van der Waals surface area contributed by atoms with Crippen LogP contribution < -0.4 is 29.7 Å². The van der Waals surface area contributed by atoms with Crippen LogP contribution in [0.1, 0.15) is 38.2 Å². The number of hydrogen-bond donors (Lipinski definition) is 0. The van der Waals surface area contributed by atoms with Gasteiger partial charge in [-0.05, 0) is 53.8 Å². The minimum absolute atomic E-state index is 0. The fraction of sp³-hybridized carbons (Fsp3) is 0.243. The third kappa shape index (κ3) is 9.42. The van der Waals surface area contributed by atoms with Crippen molar-refractivity contribution < 1.29 is 51.0 Å². The quantitative estimate of drug-likeness (QED) is 0.155. The van der Waals surface area contributed by atoms with Crippen LogP contribution in [0.2, 0.25) is 13.1 Å². The van der Waals surface area contributed by atoms with Gasteiger partial charge >= 0.3 is 26.2 Å². The molecule has 0 aromatic heterocycles. The zero-order chi connectivity index (χ0) is 27.0. The molecule has 4 aromatic rings. The Morgan fingerprint density at radius 3 is 2.24 bits per heavy atom. The minimum Gasteiger partial charge on any atom is -1.00 e. The van der Waals surface area contributed by atoms with Gasteiger partial charge in [-0.3, -0.25) is 0 Å². The van der Waals surface area contributed by atoms with Crippen LogP contribution >= 0.6 is 0 Å². The van der Waals surface area contributed by atoms with Crippen LogP contribution in [0.4, 0.5) is 5.69 Å². The van der Waals surface area contributed by atoms with Gasteiger partial charge in [-0.2, -0.15) is 0 Å². The number of hydrogen-bond acceptors (Lipinski definition) is 1. The molecule has 0 saturated carbocycles. The summed E-state index contributed by atoms with van der Waals surface area (Å²) in [6, 6.07) is 32.9. The molecule has 1 aliphatic carbocycles. The van der Waals surface area contributed by atoms with E-state index in [9.17, 15) is 0 Å². The number of nitrogens with zero attached hydrogens (tertiary/aromatic N) is 1. The average molecular weight is 689 g/mol. The van der Waals surface area contributed by atoms with Gasteiger partial charge in [0.15, 0.2) is 0 Å². The number of halogens is 2. The summed E-state index contributed by atoms with van der Waals surface area (Å²) < 4.78 is 0. The minimum atomic E-state index is -0.313. The van der Waals surface area contributed by atoms with E-state index in [-0.39, 0.29) is 59.4 Å². The fourth-order valence-electron chi connectivity index (χ4n) is 5.43. The van der Waals surface area contributed by atoms with Crippen molar-refractivity contribution in [2.45, 2.75) is 52.1 Å². The molecule has 42 heavy (non-hydrogen) atoms. The van der Waals surface area contributed by atoms with E-state index in [1.165, 1.54) is 82.1 Å². The Morgan fingerprint density at radius 2 is 1.55 bits per heavy atom. The third-order valence-electron chi connectivity index (χ3n) is 7.45. The molecule has 1 heterocycles. The molecule has 1 radical (unpaired) electrons. The van der Waals surface area contributed by atoms with Gasteiger partial charge in [-0.25, -0.2) is 0 Å². The molecule has 1 aliphatic heterocycles. The molecular formula is C37H40Cl2NSiZr. The van der Waals surface area contributed by atoms with E-state index < -0.39 is 0 Å². The summed E-state index contributed by atoms with van der Waals surface area (Å²) in [5.74, 6) is 0. The van der Waals surface area contributed by atoms with Crippen LogP contribution in [-0.4, -0.2) is 20.6 Å². The smallest absolute Gasteiger partial charge is 1.00 e. The van der Waals surface area contributed by atoms with Crippen LogP contribution in [0, 0.1) is 0 Å². The SMILES string of the molecule is CCCCCCc1ccc(-c2cc3ccccc3[cH-]2)cc1.C[Si](C)=CC1=CC2=CCN(c3ccccc3)C2=C1.[Cl-].[Cl-].[Zr+3]. The van der Waals surface area contributed by atoms with E-state index in [1.807, 2.05) is 0 Å². The number of allylic oxidation sites excluding steroid dienone is 3. The van der Waals surface area contributed by atoms with Crippen molar-refractivity contribution in [2.75, 3.05) is 11.4 Å². The molecule has 0 N–H and O–H groups in total. The van der Waals surface area contributed by atoms with Crippen molar-refractivity contribution >= 4 is 30.5 Å². The van der Waals surface area contributed by atoms with Gasteiger partial charge in [-0.1, -0.05) is 117 Å². The van der Waals surface area contributed by atoms with E-state index in [0.29, 0.717) is 0 Å². The molecule has 0 amide bonds.